The first-order chi connectivity index (χ1) is 16.3. The summed E-state index contributed by atoms with van der Waals surface area (Å²) < 4.78 is 5.72. The Balaban J connectivity index is 0.00000342. The third-order valence-electron chi connectivity index (χ3n) is 5.39. The number of hydrogen-bond acceptors (Lipinski definition) is 6. The van der Waals surface area contributed by atoms with Crippen molar-refractivity contribution in [2.75, 3.05) is 35.7 Å². The van der Waals surface area contributed by atoms with E-state index in [-0.39, 0.29) is 43.3 Å². The van der Waals surface area contributed by atoms with Crippen LogP contribution < -0.4 is 21.3 Å². The van der Waals surface area contributed by atoms with Crippen LogP contribution in [-0.4, -0.2) is 37.5 Å². The van der Waals surface area contributed by atoms with Gasteiger partial charge in [-0.3, -0.25) is 14.4 Å². The van der Waals surface area contributed by atoms with E-state index < -0.39 is 0 Å². The van der Waals surface area contributed by atoms with Crippen LogP contribution in [0, 0.1) is 6.92 Å². The van der Waals surface area contributed by atoms with Gasteiger partial charge in [-0.1, -0.05) is 23.7 Å². The quantitative estimate of drug-likeness (QED) is 0.409. The van der Waals surface area contributed by atoms with Crippen LogP contribution in [0.3, 0.4) is 0 Å². The molecular weight excluding hydrogens is 511 g/mol. The maximum atomic E-state index is 13.0. The van der Waals surface area contributed by atoms with E-state index >= 15 is 0 Å². The summed E-state index contributed by atoms with van der Waals surface area (Å²) in [5.74, 6) is -0.723. The summed E-state index contributed by atoms with van der Waals surface area (Å²) in [6, 6.07) is 13.7. The number of nitrogen functional groups attached to an aromatic ring is 1. The van der Waals surface area contributed by atoms with Crippen LogP contribution in [0.4, 0.5) is 17.1 Å². The lowest BCUT2D eigenvalue weighted by Crippen LogP contribution is -2.42. The molecule has 2 heterocycles. The Kier molecular flexibility index (Phi) is 8.74. The molecule has 1 aliphatic rings. The molecule has 0 bridgehead atoms. The van der Waals surface area contributed by atoms with Crippen molar-refractivity contribution < 1.29 is 19.1 Å². The van der Waals surface area contributed by atoms with Crippen molar-refractivity contribution in [1.82, 2.24) is 5.32 Å². The van der Waals surface area contributed by atoms with Gasteiger partial charge in [0.15, 0.2) is 0 Å². The van der Waals surface area contributed by atoms with E-state index in [4.69, 9.17) is 22.1 Å². The van der Waals surface area contributed by atoms with Crippen LogP contribution in [0.1, 0.15) is 31.2 Å². The number of carbonyl (C=O) groups is 3. The normalized spacial score (nSPS) is 13.2. The fourth-order valence-electron chi connectivity index (χ4n) is 3.68. The topological polar surface area (TPSA) is 114 Å². The standard InChI is InChI=1S/C24H23ClN4O4S.ClH/c1-14-11-15(5-6-18(14)29-9-10-33-13-21(29)30)23(31)28-22-16(3-2-4-17(22)26)12-27-24(32)19-7-8-20(25)34-19;/h2-8,11H,9-10,12-13,26H2,1H3,(H,27,32)(H,28,31);1H. The summed E-state index contributed by atoms with van der Waals surface area (Å²) >= 11 is 7.09. The van der Waals surface area contributed by atoms with Crippen LogP contribution in [0.5, 0.6) is 0 Å². The molecule has 35 heavy (non-hydrogen) atoms. The highest BCUT2D eigenvalue weighted by atomic mass is 35.5. The Morgan fingerprint density at radius 1 is 1.17 bits per heavy atom. The molecule has 0 atom stereocenters. The third kappa shape index (κ3) is 6.12. The van der Waals surface area contributed by atoms with Gasteiger partial charge in [0.25, 0.3) is 17.7 Å². The minimum Gasteiger partial charge on any atom is -0.397 e. The van der Waals surface area contributed by atoms with Crippen LogP contribution >= 0.6 is 35.3 Å². The number of benzene rings is 2. The Morgan fingerprint density at radius 3 is 2.66 bits per heavy atom. The Morgan fingerprint density at radius 2 is 1.97 bits per heavy atom. The molecule has 2 aromatic carbocycles. The van der Waals surface area contributed by atoms with Crippen LogP contribution in [0.2, 0.25) is 4.34 Å². The highest BCUT2D eigenvalue weighted by molar-refractivity contribution is 7.18. The molecule has 1 aromatic heterocycles. The van der Waals surface area contributed by atoms with E-state index in [0.29, 0.717) is 44.9 Å². The van der Waals surface area contributed by atoms with Gasteiger partial charge in [-0.2, -0.15) is 0 Å². The van der Waals surface area contributed by atoms with E-state index in [2.05, 4.69) is 10.6 Å². The van der Waals surface area contributed by atoms with Crippen LogP contribution in [0.25, 0.3) is 0 Å². The predicted octanol–water partition coefficient (Wildman–Crippen LogP) is 4.26. The molecule has 0 unspecified atom stereocenters. The number of amides is 3. The third-order valence-corrected chi connectivity index (χ3v) is 6.62. The van der Waals surface area contributed by atoms with Gasteiger partial charge < -0.3 is 26.0 Å². The second-order valence-corrected chi connectivity index (χ2v) is 9.44. The average molecular weight is 535 g/mol. The van der Waals surface area contributed by atoms with Crippen molar-refractivity contribution in [2.45, 2.75) is 13.5 Å². The number of halogens is 2. The average Bonchev–Trinajstić information content (AvgIpc) is 3.26. The minimum atomic E-state index is -0.349. The second-order valence-electron chi connectivity index (χ2n) is 7.72. The summed E-state index contributed by atoms with van der Waals surface area (Å²) in [5, 5.41) is 5.69. The molecule has 1 saturated heterocycles. The minimum absolute atomic E-state index is 0. The first kappa shape index (κ1) is 26.5. The van der Waals surface area contributed by atoms with Gasteiger partial charge in [0.2, 0.25) is 0 Å². The van der Waals surface area contributed by atoms with Gasteiger partial charge in [0.1, 0.15) is 6.61 Å². The van der Waals surface area contributed by atoms with Gasteiger partial charge in [-0.15, -0.1) is 23.7 Å². The fourth-order valence-corrected chi connectivity index (χ4v) is 4.64. The van der Waals surface area contributed by atoms with Gasteiger partial charge in [-0.05, 0) is 54.4 Å². The van der Waals surface area contributed by atoms with Crippen molar-refractivity contribution in [3.8, 4) is 0 Å². The monoisotopic (exact) mass is 534 g/mol. The van der Waals surface area contributed by atoms with E-state index in [1.807, 2.05) is 6.92 Å². The van der Waals surface area contributed by atoms with Crippen LogP contribution in [-0.2, 0) is 16.1 Å². The second kappa shape index (κ2) is 11.5. The number of ether oxygens (including phenoxy) is 1. The maximum absolute atomic E-state index is 13.0. The van der Waals surface area contributed by atoms with Crippen molar-refractivity contribution in [2.24, 2.45) is 0 Å². The predicted molar refractivity (Wildman–Crippen MR) is 141 cm³/mol. The molecule has 3 aromatic rings. The maximum Gasteiger partial charge on any atom is 0.261 e. The molecule has 3 amide bonds. The number of thiophene rings is 1. The number of aryl methyl sites for hydroxylation is 1. The van der Waals surface area contributed by atoms with Crippen molar-refractivity contribution in [1.29, 1.82) is 0 Å². The molecule has 4 N–H and O–H groups in total. The molecule has 0 spiro atoms. The molecule has 0 saturated carbocycles. The summed E-state index contributed by atoms with van der Waals surface area (Å²) in [6.45, 7) is 3.02. The van der Waals surface area contributed by atoms with Gasteiger partial charge in [0.05, 0.1) is 27.2 Å². The van der Waals surface area contributed by atoms with Gasteiger partial charge in [-0.25, -0.2) is 0 Å². The highest BCUT2D eigenvalue weighted by Gasteiger charge is 2.22. The Bertz CT molecular complexity index is 1260. The molecule has 8 nitrogen and oxygen atoms in total. The smallest absolute Gasteiger partial charge is 0.261 e. The lowest BCUT2D eigenvalue weighted by Gasteiger charge is -2.28. The number of hydrogen-bond donors (Lipinski definition) is 3. The Labute approximate surface area is 217 Å². The Hall–Kier alpha value is -3.11. The molecule has 184 valence electrons. The van der Waals surface area contributed by atoms with Crippen molar-refractivity contribution in [3.05, 3.63) is 74.4 Å². The molecule has 4 rings (SSSR count). The first-order valence-corrected chi connectivity index (χ1v) is 11.7. The number of nitrogens with two attached hydrogens (primary N) is 1. The first-order valence-electron chi connectivity index (χ1n) is 10.5. The number of rotatable bonds is 6. The number of anilines is 3. The van der Waals surface area contributed by atoms with Crippen molar-refractivity contribution >= 4 is 70.1 Å². The number of carbonyl (C=O) groups excluding carboxylic acids is 3. The van der Waals surface area contributed by atoms with E-state index in [9.17, 15) is 14.4 Å². The van der Waals surface area contributed by atoms with Crippen LogP contribution in [0.15, 0.2) is 48.5 Å². The van der Waals surface area contributed by atoms with Gasteiger partial charge in [0, 0.05) is 24.3 Å². The molecule has 0 aliphatic carbocycles. The van der Waals surface area contributed by atoms with Crippen molar-refractivity contribution in [3.63, 3.8) is 0 Å². The highest BCUT2D eigenvalue weighted by Crippen LogP contribution is 2.27. The molecule has 1 aliphatic heterocycles. The molecular formula is C24H24Cl2N4O4S. The summed E-state index contributed by atoms with van der Waals surface area (Å²) in [4.78, 5) is 39.7. The molecule has 1 fully saturated rings. The van der Waals surface area contributed by atoms with Gasteiger partial charge >= 0.3 is 0 Å². The fraction of sp³-hybridized carbons (Fsp3) is 0.208. The lowest BCUT2D eigenvalue weighted by molar-refractivity contribution is -0.125. The zero-order valence-corrected chi connectivity index (χ0v) is 21.2. The summed E-state index contributed by atoms with van der Waals surface area (Å²) in [5.41, 5.74) is 9.59. The molecule has 0 radical (unpaired) electrons. The number of nitrogens with one attached hydrogen (secondary N) is 2. The summed E-state index contributed by atoms with van der Waals surface area (Å²) in [6.07, 6.45) is 0. The largest absolute Gasteiger partial charge is 0.397 e. The lowest BCUT2D eigenvalue weighted by atomic mass is 10.1. The number of para-hydroxylation sites is 1. The zero-order chi connectivity index (χ0) is 24.2. The number of nitrogens with zero attached hydrogens (tertiary/aromatic N) is 1. The summed E-state index contributed by atoms with van der Waals surface area (Å²) in [7, 11) is 0. The van der Waals surface area contributed by atoms with E-state index in [0.717, 1.165) is 11.3 Å². The molecule has 11 heteroatoms. The van der Waals surface area contributed by atoms with E-state index in [1.54, 1.807) is 53.4 Å². The van der Waals surface area contributed by atoms with E-state index in [1.165, 1.54) is 11.3 Å². The number of morpholine rings is 1. The zero-order valence-electron chi connectivity index (χ0n) is 18.8. The SMILES string of the molecule is Cc1cc(C(=O)Nc2c(N)cccc2CNC(=O)c2ccc(Cl)s2)ccc1N1CCOCC1=O.Cl.